The van der Waals surface area contributed by atoms with Crippen LogP contribution in [0.25, 0.3) is 6.08 Å². The molecule has 1 atom stereocenters. The third kappa shape index (κ3) is 8.39. The van der Waals surface area contributed by atoms with E-state index in [-0.39, 0.29) is 11.6 Å². The number of nitrogens with one attached hydrogen (secondary N) is 3. The number of thiophene rings is 1. The Kier molecular flexibility index (Phi) is 10.5. The zero-order valence-corrected chi connectivity index (χ0v) is 26.1. The van der Waals surface area contributed by atoms with E-state index in [0.717, 1.165) is 16.0 Å². The largest absolute Gasteiger partial charge is 0.323 e. The Labute approximate surface area is 273 Å². The van der Waals surface area contributed by atoms with Crippen LogP contribution in [0.15, 0.2) is 131 Å². The first-order valence-corrected chi connectivity index (χ1v) is 15.9. The fourth-order valence-electron chi connectivity index (χ4n) is 4.14. The standard InChI is InChI=1S/C34H25Cl2N3O3S2/c35-25-14-15-29(28(36)19-25)38-34(42)31(23-8-3-1-4-9-23)44-27-13-7-12-26(20-27)37-33(41)30(18-22-16-17-43-21-22)39-32(40)24-10-5-2-6-11-24/h1-21,31H,(H,37,41)(H,38,42)(H,39,40)/b30-18-. The van der Waals surface area contributed by atoms with Crippen molar-refractivity contribution in [2.45, 2.75) is 10.1 Å². The van der Waals surface area contributed by atoms with Crippen LogP contribution in [0.1, 0.15) is 26.7 Å². The summed E-state index contributed by atoms with van der Waals surface area (Å²) in [5.74, 6) is -1.16. The quantitative estimate of drug-likeness (QED) is 0.103. The SMILES string of the molecule is O=C(Nc1cccc(SC(C(=O)Nc2ccc(Cl)cc2Cl)c2ccccc2)c1)/C(=C/c1ccsc1)NC(=O)c1ccccc1. The summed E-state index contributed by atoms with van der Waals surface area (Å²) in [4.78, 5) is 40.6. The normalized spacial score (nSPS) is 11.8. The lowest BCUT2D eigenvalue weighted by Crippen LogP contribution is -2.30. The molecule has 0 aliphatic carbocycles. The molecular weight excluding hydrogens is 633 g/mol. The summed E-state index contributed by atoms with van der Waals surface area (Å²) in [6.07, 6.45) is 1.63. The predicted octanol–water partition coefficient (Wildman–Crippen LogP) is 8.94. The van der Waals surface area contributed by atoms with E-state index in [9.17, 15) is 14.4 Å². The van der Waals surface area contributed by atoms with Crippen LogP contribution in [0.4, 0.5) is 11.4 Å². The number of carbonyl (C=O) groups excluding carboxylic acids is 3. The van der Waals surface area contributed by atoms with Crippen LogP contribution < -0.4 is 16.0 Å². The van der Waals surface area contributed by atoms with Crippen LogP contribution in [0.2, 0.25) is 10.0 Å². The zero-order chi connectivity index (χ0) is 30.9. The van der Waals surface area contributed by atoms with Gasteiger partial charge in [-0.3, -0.25) is 14.4 Å². The molecule has 5 aromatic rings. The lowest BCUT2D eigenvalue weighted by Gasteiger charge is -2.18. The van der Waals surface area contributed by atoms with Gasteiger partial charge in [0.25, 0.3) is 11.8 Å². The molecule has 44 heavy (non-hydrogen) atoms. The first-order valence-electron chi connectivity index (χ1n) is 13.3. The number of hydrogen-bond acceptors (Lipinski definition) is 5. The summed E-state index contributed by atoms with van der Waals surface area (Å²) in [6, 6.07) is 32.0. The summed E-state index contributed by atoms with van der Waals surface area (Å²) in [5, 5.41) is 12.5. The summed E-state index contributed by atoms with van der Waals surface area (Å²) in [6.45, 7) is 0. The fraction of sp³-hybridized carbons (Fsp3) is 0.0294. The second kappa shape index (κ2) is 14.9. The number of amides is 3. The molecule has 0 fully saturated rings. The van der Waals surface area contributed by atoms with Crippen LogP contribution >= 0.6 is 46.3 Å². The molecule has 0 saturated heterocycles. The van der Waals surface area contributed by atoms with Crippen LogP contribution in [-0.4, -0.2) is 17.7 Å². The minimum absolute atomic E-state index is 0.0942. The van der Waals surface area contributed by atoms with Crippen molar-refractivity contribution >= 4 is 81.5 Å². The van der Waals surface area contributed by atoms with Gasteiger partial charge in [-0.05, 0) is 82.6 Å². The molecule has 0 saturated carbocycles. The average Bonchev–Trinajstić information content (AvgIpc) is 3.55. The zero-order valence-electron chi connectivity index (χ0n) is 23.0. The minimum Gasteiger partial charge on any atom is -0.323 e. The molecule has 1 aromatic heterocycles. The molecule has 3 N–H and O–H groups in total. The lowest BCUT2D eigenvalue weighted by atomic mass is 10.1. The molecule has 0 bridgehead atoms. The van der Waals surface area contributed by atoms with Crippen molar-refractivity contribution in [2.24, 2.45) is 0 Å². The number of benzene rings is 4. The number of carbonyl (C=O) groups is 3. The molecule has 1 heterocycles. The highest BCUT2D eigenvalue weighted by molar-refractivity contribution is 8.00. The minimum atomic E-state index is -0.631. The Morgan fingerprint density at radius 1 is 0.795 bits per heavy atom. The van der Waals surface area contributed by atoms with Crippen molar-refractivity contribution in [2.75, 3.05) is 10.6 Å². The fourth-order valence-corrected chi connectivity index (χ4v) is 6.30. The van der Waals surface area contributed by atoms with Crippen molar-refractivity contribution in [3.63, 3.8) is 0 Å². The van der Waals surface area contributed by atoms with Gasteiger partial charge in [0.15, 0.2) is 0 Å². The van der Waals surface area contributed by atoms with E-state index in [2.05, 4.69) is 16.0 Å². The van der Waals surface area contributed by atoms with Crippen LogP contribution in [0.3, 0.4) is 0 Å². The van der Waals surface area contributed by atoms with Gasteiger partial charge in [-0.2, -0.15) is 11.3 Å². The Morgan fingerprint density at radius 2 is 1.55 bits per heavy atom. The third-order valence-corrected chi connectivity index (χ3v) is 8.76. The van der Waals surface area contributed by atoms with E-state index in [1.54, 1.807) is 66.7 Å². The van der Waals surface area contributed by atoms with Gasteiger partial charge in [-0.25, -0.2) is 0 Å². The van der Waals surface area contributed by atoms with Gasteiger partial charge in [-0.15, -0.1) is 11.8 Å². The van der Waals surface area contributed by atoms with Crippen molar-refractivity contribution in [3.8, 4) is 0 Å². The molecule has 220 valence electrons. The van der Waals surface area contributed by atoms with Gasteiger partial charge in [0.05, 0.1) is 10.7 Å². The molecule has 0 spiro atoms. The van der Waals surface area contributed by atoms with E-state index in [4.69, 9.17) is 23.2 Å². The van der Waals surface area contributed by atoms with Gasteiger partial charge >= 0.3 is 0 Å². The highest BCUT2D eigenvalue weighted by Crippen LogP contribution is 2.38. The summed E-state index contributed by atoms with van der Waals surface area (Å²) in [5.41, 5.74) is 3.05. The Bertz CT molecular complexity index is 1800. The van der Waals surface area contributed by atoms with Gasteiger partial charge in [0, 0.05) is 21.2 Å². The molecule has 0 aliphatic heterocycles. The number of hydrogen-bond donors (Lipinski definition) is 3. The van der Waals surface area contributed by atoms with E-state index in [1.807, 2.05) is 59.3 Å². The lowest BCUT2D eigenvalue weighted by molar-refractivity contribution is -0.116. The number of halogens is 2. The van der Waals surface area contributed by atoms with Crippen molar-refractivity contribution in [3.05, 3.63) is 152 Å². The summed E-state index contributed by atoms with van der Waals surface area (Å²) in [7, 11) is 0. The molecule has 5 rings (SSSR count). The van der Waals surface area contributed by atoms with Gasteiger partial charge in [0.1, 0.15) is 10.9 Å². The highest BCUT2D eigenvalue weighted by Gasteiger charge is 2.23. The van der Waals surface area contributed by atoms with Crippen molar-refractivity contribution in [1.29, 1.82) is 0 Å². The Balaban J connectivity index is 1.36. The Hall–Kier alpha value is -4.34. The summed E-state index contributed by atoms with van der Waals surface area (Å²) >= 11 is 15.1. The summed E-state index contributed by atoms with van der Waals surface area (Å²) < 4.78 is 0. The molecule has 0 radical (unpaired) electrons. The number of rotatable bonds is 10. The molecule has 0 aliphatic rings. The van der Waals surface area contributed by atoms with Gasteiger partial charge < -0.3 is 16.0 Å². The first kappa shape index (κ1) is 31.1. The van der Waals surface area contributed by atoms with Crippen molar-refractivity contribution < 1.29 is 14.4 Å². The number of anilines is 2. The first-order chi connectivity index (χ1) is 21.4. The molecule has 10 heteroatoms. The molecule has 4 aromatic carbocycles. The van der Waals surface area contributed by atoms with E-state index < -0.39 is 17.1 Å². The maximum atomic E-state index is 13.5. The smallest absolute Gasteiger partial charge is 0.272 e. The third-order valence-electron chi connectivity index (χ3n) is 6.26. The van der Waals surface area contributed by atoms with Crippen molar-refractivity contribution in [1.82, 2.24) is 5.32 Å². The highest BCUT2D eigenvalue weighted by atomic mass is 35.5. The molecule has 1 unspecified atom stereocenters. The molecule has 6 nitrogen and oxygen atoms in total. The topological polar surface area (TPSA) is 87.3 Å². The second-order valence-corrected chi connectivity index (χ2v) is 12.2. The molecular formula is C34H25Cl2N3O3S2. The van der Waals surface area contributed by atoms with Crippen LogP contribution in [0, 0.1) is 0 Å². The second-order valence-electron chi connectivity index (χ2n) is 9.44. The van der Waals surface area contributed by atoms with E-state index in [0.29, 0.717) is 27.0 Å². The molecule has 3 amide bonds. The number of thioether (sulfide) groups is 1. The van der Waals surface area contributed by atoms with Gasteiger partial charge in [-0.1, -0.05) is 77.8 Å². The van der Waals surface area contributed by atoms with E-state index in [1.165, 1.54) is 23.1 Å². The maximum absolute atomic E-state index is 13.5. The predicted molar refractivity (Wildman–Crippen MR) is 181 cm³/mol. The van der Waals surface area contributed by atoms with Crippen LogP contribution in [0.5, 0.6) is 0 Å². The monoisotopic (exact) mass is 657 g/mol. The van der Waals surface area contributed by atoms with E-state index >= 15 is 0 Å². The average molecular weight is 659 g/mol. The van der Waals surface area contributed by atoms with Gasteiger partial charge in [0.2, 0.25) is 5.91 Å². The Morgan fingerprint density at radius 3 is 2.25 bits per heavy atom. The maximum Gasteiger partial charge on any atom is 0.272 e. The van der Waals surface area contributed by atoms with Crippen LogP contribution in [-0.2, 0) is 9.59 Å².